The standard InChI is InChI=1S/C13H17F2NO5S/c14-9-1-2-10(15)13(7-9)22(18,19)16-11-3-5-20-8-12(11)21-6-4-17/h1-2,7,11-12,16-17H,3-6,8H2/t11-,12-/m1/s1. The second-order valence-corrected chi connectivity index (χ2v) is 6.48. The normalized spacial score (nSPS) is 22.7. The molecular weight excluding hydrogens is 320 g/mol. The van der Waals surface area contributed by atoms with Gasteiger partial charge in [-0.25, -0.2) is 21.9 Å². The van der Waals surface area contributed by atoms with Crippen LogP contribution in [0.2, 0.25) is 0 Å². The van der Waals surface area contributed by atoms with Crippen LogP contribution >= 0.6 is 0 Å². The van der Waals surface area contributed by atoms with Crippen LogP contribution in [0.25, 0.3) is 0 Å². The monoisotopic (exact) mass is 337 g/mol. The van der Waals surface area contributed by atoms with Gasteiger partial charge in [0.05, 0.1) is 32.0 Å². The first-order valence-corrected chi connectivity index (χ1v) is 8.20. The number of sulfonamides is 1. The number of ether oxygens (including phenoxy) is 2. The minimum Gasteiger partial charge on any atom is -0.394 e. The van der Waals surface area contributed by atoms with Crippen molar-refractivity contribution in [2.45, 2.75) is 23.5 Å². The highest BCUT2D eigenvalue weighted by Gasteiger charge is 2.32. The van der Waals surface area contributed by atoms with Gasteiger partial charge in [-0.2, -0.15) is 0 Å². The van der Waals surface area contributed by atoms with E-state index < -0.39 is 38.7 Å². The van der Waals surface area contributed by atoms with E-state index in [9.17, 15) is 17.2 Å². The summed E-state index contributed by atoms with van der Waals surface area (Å²) in [7, 11) is -4.23. The zero-order valence-corrected chi connectivity index (χ0v) is 12.5. The predicted molar refractivity (Wildman–Crippen MR) is 72.7 cm³/mol. The second kappa shape index (κ2) is 7.42. The zero-order valence-electron chi connectivity index (χ0n) is 11.7. The molecule has 1 aliphatic heterocycles. The van der Waals surface area contributed by atoms with Crippen molar-refractivity contribution in [1.82, 2.24) is 4.72 Å². The number of aliphatic hydroxyl groups is 1. The van der Waals surface area contributed by atoms with Gasteiger partial charge in [-0.3, -0.25) is 0 Å². The molecule has 0 aromatic heterocycles. The van der Waals surface area contributed by atoms with Crippen molar-refractivity contribution in [3.63, 3.8) is 0 Å². The van der Waals surface area contributed by atoms with E-state index in [0.717, 1.165) is 12.1 Å². The number of hydrogen-bond acceptors (Lipinski definition) is 5. The highest BCUT2D eigenvalue weighted by Crippen LogP contribution is 2.19. The van der Waals surface area contributed by atoms with Crippen LogP contribution in [0.4, 0.5) is 8.78 Å². The topological polar surface area (TPSA) is 84.9 Å². The Kier molecular flexibility index (Phi) is 5.81. The van der Waals surface area contributed by atoms with Crippen molar-refractivity contribution in [2.75, 3.05) is 26.4 Å². The van der Waals surface area contributed by atoms with Gasteiger partial charge in [0.2, 0.25) is 10.0 Å². The third-order valence-electron chi connectivity index (χ3n) is 3.22. The van der Waals surface area contributed by atoms with Crippen molar-refractivity contribution in [3.05, 3.63) is 29.8 Å². The fourth-order valence-corrected chi connectivity index (χ4v) is 3.55. The van der Waals surface area contributed by atoms with Crippen LogP contribution in [0.5, 0.6) is 0 Å². The molecule has 0 saturated carbocycles. The molecule has 2 N–H and O–H groups in total. The van der Waals surface area contributed by atoms with E-state index in [4.69, 9.17) is 14.6 Å². The summed E-state index contributed by atoms with van der Waals surface area (Å²) in [6.45, 7) is 0.283. The first kappa shape index (κ1) is 17.2. The molecule has 1 aromatic rings. The van der Waals surface area contributed by atoms with E-state index in [-0.39, 0.29) is 19.8 Å². The Morgan fingerprint density at radius 3 is 2.91 bits per heavy atom. The fraction of sp³-hybridized carbons (Fsp3) is 0.538. The summed E-state index contributed by atoms with van der Waals surface area (Å²) in [5, 5.41) is 8.76. The molecular formula is C13H17F2NO5S. The van der Waals surface area contributed by atoms with Crippen LogP contribution in [0.15, 0.2) is 23.1 Å². The Hall–Kier alpha value is -1.13. The van der Waals surface area contributed by atoms with Crippen LogP contribution < -0.4 is 4.72 Å². The number of aliphatic hydroxyl groups excluding tert-OH is 1. The summed E-state index contributed by atoms with van der Waals surface area (Å²) in [6.07, 6.45) is -0.279. The van der Waals surface area contributed by atoms with E-state index in [1.807, 2.05) is 0 Å². The summed E-state index contributed by atoms with van der Waals surface area (Å²) in [5.74, 6) is -1.88. The minimum atomic E-state index is -4.23. The smallest absolute Gasteiger partial charge is 0.243 e. The Morgan fingerprint density at radius 1 is 1.41 bits per heavy atom. The Bertz CT molecular complexity index is 610. The average molecular weight is 337 g/mol. The fourth-order valence-electron chi connectivity index (χ4n) is 2.16. The number of halogens is 2. The van der Waals surface area contributed by atoms with Crippen LogP contribution in [0.3, 0.4) is 0 Å². The molecule has 0 amide bonds. The molecule has 1 saturated heterocycles. The molecule has 0 spiro atoms. The van der Waals surface area contributed by atoms with E-state index in [1.165, 1.54) is 0 Å². The molecule has 1 heterocycles. The summed E-state index contributed by atoms with van der Waals surface area (Å²) < 4.78 is 64.1. The number of rotatable bonds is 6. The van der Waals surface area contributed by atoms with Crippen LogP contribution in [-0.4, -0.2) is 52.1 Å². The van der Waals surface area contributed by atoms with Gasteiger partial charge < -0.3 is 14.6 Å². The molecule has 6 nitrogen and oxygen atoms in total. The molecule has 1 aromatic carbocycles. The van der Waals surface area contributed by atoms with Gasteiger partial charge in [0.1, 0.15) is 16.5 Å². The molecule has 0 unspecified atom stereocenters. The van der Waals surface area contributed by atoms with Crippen LogP contribution in [-0.2, 0) is 19.5 Å². The quantitative estimate of drug-likeness (QED) is 0.785. The van der Waals surface area contributed by atoms with Crippen molar-refractivity contribution in [3.8, 4) is 0 Å². The minimum absolute atomic E-state index is 0.0284. The van der Waals surface area contributed by atoms with E-state index in [2.05, 4.69) is 4.72 Å². The van der Waals surface area contributed by atoms with Crippen molar-refractivity contribution >= 4 is 10.0 Å². The maximum atomic E-state index is 13.6. The largest absolute Gasteiger partial charge is 0.394 e. The lowest BCUT2D eigenvalue weighted by Crippen LogP contribution is -2.50. The van der Waals surface area contributed by atoms with Gasteiger partial charge >= 0.3 is 0 Å². The number of benzene rings is 1. The molecule has 9 heteroatoms. The molecule has 124 valence electrons. The van der Waals surface area contributed by atoms with E-state index in [0.29, 0.717) is 19.1 Å². The number of hydrogen-bond donors (Lipinski definition) is 2. The van der Waals surface area contributed by atoms with Gasteiger partial charge in [0.15, 0.2) is 0 Å². The third kappa shape index (κ3) is 4.20. The van der Waals surface area contributed by atoms with Crippen LogP contribution in [0.1, 0.15) is 6.42 Å². The van der Waals surface area contributed by atoms with Gasteiger partial charge in [0, 0.05) is 6.61 Å². The highest BCUT2D eigenvalue weighted by atomic mass is 32.2. The first-order chi connectivity index (χ1) is 10.4. The molecule has 0 radical (unpaired) electrons. The maximum Gasteiger partial charge on any atom is 0.243 e. The Balaban J connectivity index is 2.17. The second-order valence-electron chi connectivity index (χ2n) is 4.80. The molecule has 2 atom stereocenters. The Morgan fingerprint density at radius 2 is 2.18 bits per heavy atom. The lowest BCUT2D eigenvalue weighted by Gasteiger charge is -2.31. The summed E-state index contributed by atoms with van der Waals surface area (Å²) >= 11 is 0. The zero-order chi connectivity index (χ0) is 16.2. The number of nitrogens with one attached hydrogen (secondary N) is 1. The first-order valence-electron chi connectivity index (χ1n) is 6.71. The lowest BCUT2D eigenvalue weighted by atomic mass is 10.1. The van der Waals surface area contributed by atoms with E-state index >= 15 is 0 Å². The average Bonchev–Trinajstić information content (AvgIpc) is 2.48. The van der Waals surface area contributed by atoms with Gasteiger partial charge in [0.25, 0.3) is 0 Å². The van der Waals surface area contributed by atoms with Gasteiger partial charge in [-0.05, 0) is 24.6 Å². The van der Waals surface area contributed by atoms with Crippen molar-refractivity contribution in [2.24, 2.45) is 0 Å². The molecule has 1 fully saturated rings. The molecule has 0 bridgehead atoms. The summed E-state index contributed by atoms with van der Waals surface area (Å²) in [6, 6.07) is 1.58. The van der Waals surface area contributed by atoms with E-state index in [1.54, 1.807) is 0 Å². The summed E-state index contributed by atoms with van der Waals surface area (Å²) in [5.41, 5.74) is 0. The molecule has 0 aliphatic carbocycles. The van der Waals surface area contributed by atoms with Crippen molar-refractivity contribution in [1.29, 1.82) is 0 Å². The highest BCUT2D eigenvalue weighted by molar-refractivity contribution is 7.89. The van der Waals surface area contributed by atoms with Gasteiger partial charge in [-0.1, -0.05) is 0 Å². The van der Waals surface area contributed by atoms with Crippen molar-refractivity contribution < 1.29 is 31.8 Å². The SMILES string of the molecule is O=S(=O)(N[C@@H]1CCOC[C@H]1OCCO)c1cc(F)ccc1F. The maximum absolute atomic E-state index is 13.6. The molecule has 2 rings (SSSR count). The molecule has 1 aliphatic rings. The predicted octanol–water partition coefficient (Wildman–Crippen LogP) is 0.409. The third-order valence-corrected chi connectivity index (χ3v) is 4.72. The van der Waals surface area contributed by atoms with Gasteiger partial charge in [-0.15, -0.1) is 0 Å². The lowest BCUT2D eigenvalue weighted by molar-refractivity contribution is -0.0714. The molecule has 22 heavy (non-hydrogen) atoms. The summed E-state index contributed by atoms with van der Waals surface area (Å²) in [4.78, 5) is -0.750. The van der Waals surface area contributed by atoms with Crippen LogP contribution in [0, 0.1) is 11.6 Å². The Labute approximate surface area is 127 Å².